The fourth-order valence-corrected chi connectivity index (χ4v) is 2.67. The normalized spacial score (nSPS) is 17.0. The van der Waals surface area contributed by atoms with E-state index in [1.54, 1.807) is 0 Å². The van der Waals surface area contributed by atoms with Crippen molar-refractivity contribution in [3.63, 3.8) is 0 Å². The molecule has 0 spiro atoms. The first-order chi connectivity index (χ1) is 11.8. The minimum absolute atomic E-state index is 0.295. The lowest BCUT2D eigenvalue weighted by molar-refractivity contribution is 0.184. The Kier molecular flexibility index (Phi) is 5.53. The van der Waals surface area contributed by atoms with Crippen LogP contribution < -0.4 is 14.8 Å². The summed E-state index contributed by atoms with van der Waals surface area (Å²) in [5.74, 6) is 2.30. The van der Waals surface area contributed by atoms with Gasteiger partial charge in [-0.3, -0.25) is 0 Å². The molecule has 1 fully saturated rings. The van der Waals surface area contributed by atoms with Gasteiger partial charge in [0, 0.05) is 13.2 Å². The molecule has 130 valence electrons. The van der Waals surface area contributed by atoms with Gasteiger partial charge in [-0.1, -0.05) is 11.3 Å². The predicted octanol–water partition coefficient (Wildman–Crippen LogP) is 2.65. The second kappa shape index (κ2) is 8.01. The van der Waals surface area contributed by atoms with Crippen molar-refractivity contribution in [3.8, 4) is 11.5 Å². The molecule has 0 saturated carbocycles. The zero-order chi connectivity index (χ0) is 16.8. The summed E-state index contributed by atoms with van der Waals surface area (Å²) in [6.45, 7) is 7.29. The smallest absolute Gasteiger partial charge is 0.168 e. The van der Waals surface area contributed by atoms with E-state index in [1.165, 1.54) is 0 Å². The van der Waals surface area contributed by atoms with Gasteiger partial charge in [-0.2, -0.15) is 0 Å². The van der Waals surface area contributed by atoms with Gasteiger partial charge in [0.2, 0.25) is 0 Å². The first kappa shape index (κ1) is 16.6. The Bertz CT molecular complexity index is 653. The third-order valence-corrected chi connectivity index (χ3v) is 3.87. The molecule has 1 aliphatic heterocycles. The van der Waals surface area contributed by atoms with Crippen molar-refractivity contribution in [1.29, 1.82) is 0 Å². The lowest BCUT2D eigenvalue weighted by atomic mass is 10.2. The minimum atomic E-state index is 0.295. The first-order valence-corrected chi connectivity index (χ1v) is 8.42. The summed E-state index contributed by atoms with van der Waals surface area (Å²) in [6.07, 6.45) is 2.91. The number of aromatic nitrogens is 3. The zero-order valence-electron chi connectivity index (χ0n) is 14.2. The predicted molar refractivity (Wildman–Crippen MR) is 90.6 cm³/mol. The monoisotopic (exact) mass is 332 g/mol. The number of benzene rings is 1. The average Bonchev–Trinajstić information content (AvgIpc) is 3.27. The van der Waals surface area contributed by atoms with E-state index in [-0.39, 0.29) is 0 Å². The van der Waals surface area contributed by atoms with E-state index in [0.29, 0.717) is 32.4 Å². The molecule has 1 saturated heterocycles. The Morgan fingerprint density at radius 1 is 1.25 bits per heavy atom. The van der Waals surface area contributed by atoms with Crippen LogP contribution in [0.25, 0.3) is 0 Å². The fraction of sp³-hybridized carbons (Fsp3) is 0.529. The molecule has 7 nitrogen and oxygen atoms in total. The number of rotatable bonds is 8. The highest BCUT2D eigenvalue weighted by atomic mass is 16.5. The number of nitrogens with zero attached hydrogens (tertiary/aromatic N) is 3. The Labute approximate surface area is 141 Å². The second-order valence-corrected chi connectivity index (χ2v) is 5.60. The third kappa shape index (κ3) is 3.97. The van der Waals surface area contributed by atoms with Gasteiger partial charge in [0.15, 0.2) is 17.3 Å². The lowest BCUT2D eigenvalue weighted by Gasteiger charge is -2.12. The molecule has 7 heteroatoms. The van der Waals surface area contributed by atoms with E-state index in [2.05, 4.69) is 15.6 Å². The van der Waals surface area contributed by atoms with Crippen LogP contribution in [0.15, 0.2) is 24.4 Å². The van der Waals surface area contributed by atoms with Crippen molar-refractivity contribution >= 4 is 5.82 Å². The van der Waals surface area contributed by atoms with Gasteiger partial charge in [0.05, 0.1) is 32.1 Å². The Morgan fingerprint density at radius 2 is 2.08 bits per heavy atom. The van der Waals surface area contributed by atoms with Gasteiger partial charge in [-0.25, -0.2) is 4.68 Å². The fourth-order valence-electron chi connectivity index (χ4n) is 2.67. The summed E-state index contributed by atoms with van der Waals surface area (Å²) in [7, 11) is 0. The molecule has 0 aliphatic carbocycles. The largest absolute Gasteiger partial charge is 0.490 e. The number of anilines is 1. The maximum absolute atomic E-state index is 5.66. The van der Waals surface area contributed by atoms with E-state index in [1.807, 2.05) is 42.9 Å². The van der Waals surface area contributed by atoms with Crippen molar-refractivity contribution in [3.05, 3.63) is 30.0 Å². The highest BCUT2D eigenvalue weighted by Gasteiger charge is 2.18. The molecule has 3 rings (SSSR count). The van der Waals surface area contributed by atoms with Crippen molar-refractivity contribution in [1.82, 2.24) is 15.0 Å². The summed E-state index contributed by atoms with van der Waals surface area (Å²) in [5, 5.41) is 11.6. The Balaban J connectivity index is 1.62. The third-order valence-electron chi connectivity index (χ3n) is 3.87. The number of hydrogen-bond acceptors (Lipinski definition) is 6. The molecule has 0 bridgehead atoms. The Hall–Kier alpha value is -2.28. The van der Waals surface area contributed by atoms with Crippen LogP contribution >= 0.6 is 0 Å². The first-order valence-electron chi connectivity index (χ1n) is 8.42. The molecule has 1 aromatic heterocycles. The summed E-state index contributed by atoms with van der Waals surface area (Å²) < 4.78 is 18.5. The molecule has 1 N–H and O–H groups in total. The van der Waals surface area contributed by atoms with Crippen LogP contribution in [0.4, 0.5) is 5.82 Å². The molecule has 2 aromatic rings. The van der Waals surface area contributed by atoms with Crippen LogP contribution in [0.3, 0.4) is 0 Å². The highest BCUT2D eigenvalue weighted by molar-refractivity contribution is 5.44. The van der Waals surface area contributed by atoms with Crippen molar-refractivity contribution in [2.75, 3.05) is 31.7 Å². The Morgan fingerprint density at radius 3 is 2.83 bits per heavy atom. The maximum atomic E-state index is 5.66. The van der Waals surface area contributed by atoms with Crippen LogP contribution in [0.2, 0.25) is 0 Å². The minimum Gasteiger partial charge on any atom is -0.490 e. The summed E-state index contributed by atoms with van der Waals surface area (Å²) >= 11 is 0. The molecular weight excluding hydrogens is 308 g/mol. The van der Waals surface area contributed by atoms with Crippen LogP contribution in [-0.2, 0) is 11.3 Å². The maximum Gasteiger partial charge on any atom is 0.168 e. The highest BCUT2D eigenvalue weighted by Crippen LogP contribution is 2.28. The van der Waals surface area contributed by atoms with Gasteiger partial charge >= 0.3 is 0 Å². The van der Waals surface area contributed by atoms with Gasteiger partial charge in [-0.05, 0) is 38.0 Å². The molecule has 24 heavy (non-hydrogen) atoms. The van der Waals surface area contributed by atoms with Crippen LogP contribution in [-0.4, -0.2) is 41.4 Å². The molecule has 2 heterocycles. The molecule has 0 amide bonds. The van der Waals surface area contributed by atoms with E-state index in [4.69, 9.17) is 14.2 Å². The van der Waals surface area contributed by atoms with Gasteiger partial charge in [0.25, 0.3) is 0 Å². The molecule has 0 radical (unpaired) electrons. The zero-order valence-corrected chi connectivity index (χ0v) is 14.2. The summed E-state index contributed by atoms with van der Waals surface area (Å²) in [4.78, 5) is 0. The average molecular weight is 332 g/mol. The summed E-state index contributed by atoms with van der Waals surface area (Å²) in [6, 6.07) is 6.26. The van der Waals surface area contributed by atoms with E-state index in [9.17, 15) is 0 Å². The van der Waals surface area contributed by atoms with Gasteiger partial charge in [-0.15, -0.1) is 5.10 Å². The van der Waals surface area contributed by atoms with E-state index < -0.39 is 0 Å². The van der Waals surface area contributed by atoms with Crippen molar-refractivity contribution < 1.29 is 14.2 Å². The van der Waals surface area contributed by atoms with E-state index in [0.717, 1.165) is 35.9 Å². The molecule has 1 atom stereocenters. The van der Waals surface area contributed by atoms with Gasteiger partial charge < -0.3 is 19.5 Å². The molecular formula is C17H24N4O3. The van der Waals surface area contributed by atoms with Crippen molar-refractivity contribution in [2.24, 2.45) is 0 Å². The molecule has 1 aromatic carbocycles. The number of hydrogen-bond donors (Lipinski definition) is 1. The number of ether oxygens (including phenoxy) is 3. The quantitative estimate of drug-likeness (QED) is 0.801. The molecule has 1 unspecified atom stereocenters. The standard InChI is InChI=1S/C17H24N4O3/c1-3-23-15-6-5-13(9-16(15)24-4-2)10-18-17-11-21(20-19-17)14-7-8-22-12-14/h5-6,9,11,14,18H,3-4,7-8,10,12H2,1-2H3. The van der Waals surface area contributed by atoms with Crippen LogP contribution in [0, 0.1) is 0 Å². The number of nitrogens with one attached hydrogen (secondary N) is 1. The SMILES string of the molecule is CCOc1ccc(CNc2cn(C3CCOC3)nn2)cc1OCC. The second-order valence-electron chi connectivity index (χ2n) is 5.60. The van der Waals surface area contributed by atoms with Crippen LogP contribution in [0.1, 0.15) is 31.9 Å². The lowest BCUT2D eigenvalue weighted by Crippen LogP contribution is -2.09. The van der Waals surface area contributed by atoms with Gasteiger partial charge in [0.1, 0.15) is 0 Å². The topological polar surface area (TPSA) is 70.4 Å². The summed E-state index contributed by atoms with van der Waals surface area (Å²) in [5.41, 5.74) is 1.10. The van der Waals surface area contributed by atoms with Crippen molar-refractivity contribution in [2.45, 2.75) is 32.9 Å². The van der Waals surface area contributed by atoms with Crippen LogP contribution in [0.5, 0.6) is 11.5 Å². The van der Waals surface area contributed by atoms with E-state index >= 15 is 0 Å². The molecule has 1 aliphatic rings.